The minimum Gasteiger partial charge on any atom is -0.127 e. The van der Waals surface area contributed by atoms with Gasteiger partial charge in [0, 0.05) is 0 Å². The van der Waals surface area contributed by atoms with Gasteiger partial charge in [-0.2, -0.15) is 0 Å². The molecule has 0 rings (SSSR count). The van der Waals surface area contributed by atoms with E-state index >= 15 is 0 Å². The van der Waals surface area contributed by atoms with Crippen molar-refractivity contribution in [3.05, 3.63) is 0 Å². The Hall–Kier alpha value is 0.170. The highest BCUT2D eigenvalue weighted by atomic mass is 31.0. The molecule has 0 aliphatic rings. The second kappa shape index (κ2) is 7.17. The van der Waals surface area contributed by atoms with Crippen LogP contribution < -0.4 is 0 Å². The fourth-order valence-electron chi connectivity index (χ4n) is 0.673. The molecular weight excluding hydrogens is 115 g/mol. The highest BCUT2D eigenvalue weighted by Crippen LogP contribution is 2.00. The molecule has 0 spiro atoms. The Bertz CT molecular complexity index is 50.3. The van der Waals surface area contributed by atoms with Crippen molar-refractivity contribution in [1.29, 1.82) is 0 Å². The third-order valence-corrected chi connectivity index (χ3v) is 1.49. The molecule has 0 aliphatic carbocycles. The molecule has 0 aromatic rings. The van der Waals surface area contributed by atoms with Gasteiger partial charge in [0.25, 0.3) is 0 Å². The maximum absolute atomic E-state index is 3.32. The highest BCUT2D eigenvalue weighted by Gasteiger charge is 1.81. The van der Waals surface area contributed by atoms with E-state index in [0.29, 0.717) is 0 Å². The molecule has 0 radical (unpaired) electrons. The molecule has 0 saturated carbocycles. The van der Waals surface area contributed by atoms with E-state index in [1.807, 2.05) is 0 Å². The first-order valence-electron chi connectivity index (χ1n) is 3.40. The van der Waals surface area contributed by atoms with Crippen LogP contribution in [0.25, 0.3) is 0 Å². The van der Waals surface area contributed by atoms with Crippen molar-refractivity contribution >= 4 is 14.7 Å². The first-order chi connectivity index (χ1) is 3.91. The first kappa shape index (κ1) is 8.17. The summed E-state index contributed by atoms with van der Waals surface area (Å²) in [5, 5.41) is 0. The molecule has 0 aromatic carbocycles. The summed E-state index contributed by atoms with van der Waals surface area (Å²) in [5.74, 6) is 2.05. The van der Waals surface area contributed by atoms with Crippen molar-refractivity contribution in [2.75, 3.05) is 0 Å². The zero-order valence-corrected chi connectivity index (χ0v) is 6.61. The van der Waals surface area contributed by atoms with Crippen LogP contribution in [0, 0.1) is 0 Å². The average molecular weight is 130 g/mol. The van der Waals surface area contributed by atoms with Gasteiger partial charge in [0.05, 0.1) is 0 Å². The topological polar surface area (TPSA) is 0 Å². The van der Waals surface area contributed by atoms with E-state index in [2.05, 4.69) is 21.6 Å². The Morgan fingerprint density at radius 1 is 1.25 bits per heavy atom. The third kappa shape index (κ3) is 6.17. The van der Waals surface area contributed by atoms with Gasteiger partial charge in [-0.15, -0.1) is 8.86 Å². The van der Waals surface area contributed by atoms with Crippen molar-refractivity contribution in [1.82, 2.24) is 0 Å². The van der Waals surface area contributed by atoms with E-state index in [1.165, 1.54) is 32.1 Å². The van der Waals surface area contributed by atoms with Crippen molar-refractivity contribution in [2.45, 2.75) is 39.0 Å². The third-order valence-electron chi connectivity index (χ3n) is 1.20. The van der Waals surface area contributed by atoms with E-state index in [-0.39, 0.29) is 0 Å². The van der Waals surface area contributed by atoms with Gasteiger partial charge >= 0.3 is 0 Å². The summed E-state index contributed by atoms with van der Waals surface area (Å²) >= 11 is 0. The van der Waals surface area contributed by atoms with Gasteiger partial charge in [-0.1, -0.05) is 32.0 Å². The Kier molecular flexibility index (Phi) is 7.32. The zero-order chi connectivity index (χ0) is 6.24. The predicted octanol–water partition coefficient (Wildman–Crippen LogP) is 2.90. The van der Waals surface area contributed by atoms with Crippen LogP contribution in [0.1, 0.15) is 39.0 Å². The molecule has 48 valence electrons. The van der Waals surface area contributed by atoms with E-state index in [0.717, 1.165) is 0 Å². The SMILES string of the molecule is CCCCCCC=P. The maximum atomic E-state index is 3.32. The van der Waals surface area contributed by atoms with Crippen LogP contribution in [0.4, 0.5) is 0 Å². The molecule has 1 heteroatoms. The molecular formula is C7H15P. The normalized spacial score (nSPS) is 9.12. The summed E-state index contributed by atoms with van der Waals surface area (Å²) in [7, 11) is 3.32. The molecule has 0 unspecified atom stereocenters. The fraction of sp³-hybridized carbons (Fsp3) is 0.857. The van der Waals surface area contributed by atoms with Crippen LogP contribution in [0.3, 0.4) is 0 Å². The fourth-order valence-corrected chi connectivity index (χ4v) is 0.877. The molecule has 0 aliphatic heterocycles. The second-order valence-electron chi connectivity index (χ2n) is 2.05. The van der Waals surface area contributed by atoms with Gasteiger partial charge in [0.15, 0.2) is 0 Å². The molecule has 0 atom stereocenters. The lowest BCUT2D eigenvalue weighted by Crippen LogP contribution is -1.74. The van der Waals surface area contributed by atoms with E-state index in [9.17, 15) is 0 Å². The van der Waals surface area contributed by atoms with E-state index in [1.54, 1.807) is 0 Å². The molecule has 0 saturated heterocycles. The first-order valence-corrected chi connectivity index (χ1v) is 3.98. The lowest BCUT2D eigenvalue weighted by molar-refractivity contribution is 0.687. The van der Waals surface area contributed by atoms with Crippen LogP contribution >= 0.6 is 8.86 Å². The van der Waals surface area contributed by atoms with Gasteiger partial charge in [0.2, 0.25) is 0 Å². The van der Waals surface area contributed by atoms with Crippen LogP contribution in [-0.2, 0) is 0 Å². The summed E-state index contributed by atoms with van der Waals surface area (Å²) in [4.78, 5) is 0. The number of rotatable bonds is 5. The van der Waals surface area contributed by atoms with Gasteiger partial charge in [-0.25, -0.2) is 0 Å². The summed E-state index contributed by atoms with van der Waals surface area (Å²) in [6.45, 7) is 2.23. The quantitative estimate of drug-likeness (QED) is 0.396. The van der Waals surface area contributed by atoms with Gasteiger partial charge in [0.1, 0.15) is 0 Å². The van der Waals surface area contributed by atoms with Gasteiger partial charge < -0.3 is 0 Å². The molecule has 0 N–H and O–H groups in total. The Labute approximate surface area is 54.5 Å². The van der Waals surface area contributed by atoms with Crippen molar-refractivity contribution < 1.29 is 0 Å². The minimum absolute atomic E-state index is 1.22. The van der Waals surface area contributed by atoms with Crippen molar-refractivity contribution in [3.8, 4) is 0 Å². The summed E-state index contributed by atoms with van der Waals surface area (Å²) < 4.78 is 0. The minimum atomic E-state index is 1.22. The zero-order valence-electron chi connectivity index (χ0n) is 5.61. The molecule has 0 amide bonds. The molecule has 0 heterocycles. The number of hydrogen-bond acceptors (Lipinski definition) is 0. The number of hydrogen-bond donors (Lipinski definition) is 0. The molecule has 0 fully saturated rings. The predicted molar refractivity (Wildman–Crippen MR) is 43.1 cm³/mol. The summed E-state index contributed by atoms with van der Waals surface area (Å²) in [6, 6.07) is 0. The summed E-state index contributed by atoms with van der Waals surface area (Å²) in [5.41, 5.74) is 0. The molecule has 0 bridgehead atoms. The smallest absolute Gasteiger partial charge is 0.0310 e. The Morgan fingerprint density at radius 2 is 2.00 bits per heavy atom. The summed E-state index contributed by atoms with van der Waals surface area (Å²) in [6.07, 6.45) is 6.67. The highest BCUT2D eigenvalue weighted by molar-refractivity contribution is 7.18. The monoisotopic (exact) mass is 130 g/mol. The van der Waals surface area contributed by atoms with E-state index < -0.39 is 0 Å². The van der Waals surface area contributed by atoms with Crippen LogP contribution in [-0.4, -0.2) is 5.80 Å². The van der Waals surface area contributed by atoms with Crippen LogP contribution in [0.15, 0.2) is 0 Å². The Balaban J connectivity index is 2.62. The Morgan fingerprint density at radius 3 is 2.50 bits per heavy atom. The standard InChI is InChI=1S/C7H15P/c1-2-3-4-5-6-7-8/h7-8H,2-6H2,1H3. The van der Waals surface area contributed by atoms with Crippen molar-refractivity contribution in [3.63, 3.8) is 0 Å². The second-order valence-corrected chi connectivity index (χ2v) is 2.46. The maximum Gasteiger partial charge on any atom is -0.0310 e. The lowest BCUT2D eigenvalue weighted by Gasteiger charge is -1.91. The molecule has 0 nitrogen and oxygen atoms in total. The molecule has 0 aromatic heterocycles. The van der Waals surface area contributed by atoms with Crippen LogP contribution in [0.2, 0.25) is 0 Å². The van der Waals surface area contributed by atoms with E-state index in [4.69, 9.17) is 0 Å². The molecule has 8 heavy (non-hydrogen) atoms. The van der Waals surface area contributed by atoms with Crippen molar-refractivity contribution in [2.24, 2.45) is 0 Å². The number of unbranched alkanes of at least 4 members (excludes halogenated alkanes) is 4. The average Bonchev–Trinajstić information content (AvgIpc) is 1.81. The van der Waals surface area contributed by atoms with Crippen LogP contribution in [0.5, 0.6) is 0 Å². The largest absolute Gasteiger partial charge is 0.127 e. The van der Waals surface area contributed by atoms with Gasteiger partial charge in [-0.3, -0.25) is 0 Å². The lowest BCUT2D eigenvalue weighted by atomic mass is 10.2. The van der Waals surface area contributed by atoms with Gasteiger partial charge in [-0.05, 0) is 12.8 Å².